The number of hydrogen-bond acceptors (Lipinski definition) is 5. The maximum Gasteiger partial charge on any atom is 0.232 e. The van der Waals surface area contributed by atoms with Crippen LogP contribution in [0.15, 0.2) is 42.5 Å². The van der Waals surface area contributed by atoms with Crippen LogP contribution in [0, 0.1) is 0 Å². The third-order valence-electron chi connectivity index (χ3n) is 4.57. The fourth-order valence-corrected chi connectivity index (χ4v) is 3.72. The second-order valence-electron chi connectivity index (χ2n) is 6.84. The lowest BCUT2D eigenvalue weighted by atomic mass is 10.0. The first-order valence-electron chi connectivity index (χ1n) is 9.60. The number of nitrogens with one attached hydrogen (secondary N) is 1. The van der Waals surface area contributed by atoms with E-state index in [4.69, 9.17) is 9.47 Å². The molecule has 0 spiro atoms. The number of allylic oxidation sites excluding steroid dienone is 1. The molecule has 0 saturated carbocycles. The summed E-state index contributed by atoms with van der Waals surface area (Å²) in [5.74, 6) is 1.34. The molecule has 2 aromatic rings. The molecule has 6 nitrogen and oxygen atoms in total. The van der Waals surface area contributed by atoms with Crippen molar-refractivity contribution in [3.05, 3.63) is 59.2 Å². The summed E-state index contributed by atoms with van der Waals surface area (Å²) in [6, 6.07) is 10.2. The van der Waals surface area contributed by atoms with Crippen molar-refractivity contribution in [2.45, 2.75) is 33.3 Å². The highest BCUT2D eigenvalue weighted by atomic mass is 32.2. The Morgan fingerprint density at radius 2 is 1.97 bits per heavy atom. The van der Waals surface area contributed by atoms with Gasteiger partial charge in [0.1, 0.15) is 17.6 Å². The number of carbonyl (C=O) groups is 1. The third-order valence-corrected chi connectivity index (χ3v) is 5.87. The molecule has 1 N–H and O–H groups in total. The van der Waals surface area contributed by atoms with Crippen LogP contribution in [0.5, 0.6) is 11.5 Å². The van der Waals surface area contributed by atoms with Crippen LogP contribution in [0.2, 0.25) is 0 Å². The number of hydrogen-bond donors (Lipinski definition) is 1. The third kappa shape index (κ3) is 5.17. The summed E-state index contributed by atoms with van der Waals surface area (Å²) in [5, 5.41) is 0. The number of carbonyl (C=O) groups excluding carboxylic acids is 1. The van der Waals surface area contributed by atoms with Crippen molar-refractivity contribution >= 4 is 27.6 Å². The molecule has 0 amide bonds. The second kappa shape index (κ2) is 8.69. The van der Waals surface area contributed by atoms with Gasteiger partial charge < -0.3 is 9.47 Å². The quantitative estimate of drug-likeness (QED) is 0.519. The zero-order valence-electron chi connectivity index (χ0n) is 16.8. The van der Waals surface area contributed by atoms with E-state index in [2.05, 4.69) is 4.72 Å². The predicted molar refractivity (Wildman–Crippen MR) is 114 cm³/mol. The molecule has 0 saturated heterocycles. The summed E-state index contributed by atoms with van der Waals surface area (Å²) < 4.78 is 37.2. The fourth-order valence-electron chi connectivity index (χ4n) is 3.08. The van der Waals surface area contributed by atoms with E-state index < -0.39 is 10.0 Å². The zero-order valence-corrected chi connectivity index (χ0v) is 17.6. The maximum atomic E-state index is 12.5. The van der Waals surface area contributed by atoms with E-state index in [1.807, 2.05) is 26.0 Å². The van der Waals surface area contributed by atoms with Crippen LogP contribution in [-0.2, 0) is 16.4 Å². The van der Waals surface area contributed by atoms with E-state index in [9.17, 15) is 13.2 Å². The molecule has 0 aromatic heterocycles. The Bertz CT molecular complexity index is 1030. The summed E-state index contributed by atoms with van der Waals surface area (Å²) in [4.78, 5) is 12.5. The van der Waals surface area contributed by atoms with Gasteiger partial charge >= 0.3 is 0 Å². The van der Waals surface area contributed by atoms with Gasteiger partial charge in [-0.1, -0.05) is 0 Å². The minimum Gasteiger partial charge on any atom is -0.493 e. The Morgan fingerprint density at radius 3 is 2.62 bits per heavy atom. The van der Waals surface area contributed by atoms with E-state index in [1.54, 1.807) is 37.3 Å². The van der Waals surface area contributed by atoms with Gasteiger partial charge in [0.2, 0.25) is 10.0 Å². The molecule has 1 aliphatic heterocycles. The van der Waals surface area contributed by atoms with Crippen molar-refractivity contribution in [2.75, 3.05) is 17.1 Å². The van der Waals surface area contributed by atoms with Gasteiger partial charge in [0, 0.05) is 28.8 Å². The fraction of sp³-hybridized carbons (Fsp3) is 0.318. The molecule has 1 atom stereocenters. The number of ether oxygens (including phenoxy) is 2. The number of ketones is 1. The minimum absolute atomic E-state index is 0.0120. The van der Waals surface area contributed by atoms with Crippen LogP contribution in [0.25, 0.3) is 6.08 Å². The van der Waals surface area contributed by atoms with Gasteiger partial charge in [0.15, 0.2) is 5.78 Å². The van der Waals surface area contributed by atoms with Crippen molar-refractivity contribution in [3.8, 4) is 11.5 Å². The zero-order chi connectivity index (χ0) is 21.0. The predicted octanol–water partition coefficient (Wildman–Crippen LogP) is 4.07. The molecule has 2 aromatic carbocycles. The Morgan fingerprint density at radius 1 is 1.24 bits per heavy atom. The topological polar surface area (TPSA) is 81.7 Å². The van der Waals surface area contributed by atoms with Crippen LogP contribution < -0.4 is 14.2 Å². The summed E-state index contributed by atoms with van der Waals surface area (Å²) in [6.45, 7) is 6.02. The molecular formula is C22H25NO5S. The SMILES string of the molecule is CCOc1cc2c(cc1/C=C/C(=O)c1ccc(NS(=O)(=O)CC)cc1)OC(C)C2. The number of anilines is 1. The Kier molecular flexibility index (Phi) is 6.27. The minimum atomic E-state index is -3.35. The van der Waals surface area contributed by atoms with E-state index in [0.717, 1.165) is 29.0 Å². The Labute approximate surface area is 171 Å². The van der Waals surface area contributed by atoms with Crippen LogP contribution in [-0.4, -0.2) is 32.7 Å². The number of benzene rings is 2. The standard InChI is InChI=1S/C22H25NO5S/c1-4-27-21-14-18-12-15(3)28-22(18)13-17(21)8-11-20(24)16-6-9-19(10-7-16)23-29(25,26)5-2/h6-11,13-15,23H,4-5,12H2,1-3H3/b11-8+. The van der Waals surface area contributed by atoms with Crippen molar-refractivity contribution in [2.24, 2.45) is 0 Å². The molecular weight excluding hydrogens is 390 g/mol. The summed E-state index contributed by atoms with van der Waals surface area (Å²) in [5.41, 5.74) is 2.77. The number of fused-ring (bicyclic) bond motifs is 1. The lowest BCUT2D eigenvalue weighted by molar-refractivity contribution is 0.104. The molecule has 154 valence electrons. The summed E-state index contributed by atoms with van der Waals surface area (Å²) in [7, 11) is -3.35. The van der Waals surface area contributed by atoms with E-state index in [0.29, 0.717) is 17.9 Å². The molecule has 0 radical (unpaired) electrons. The Balaban J connectivity index is 1.77. The molecule has 3 rings (SSSR count). The van der Waals surface area contributed by atoms with E-state index in [-0.39, 0.29) is 17.6 Å². The average Bonchev–Trinajstić information content (AvgIpc) is 3.05. The monoisotopic (exact) mass is 415 g/mol. The molecule has 0 fully saturated rings. The van der Waals surface area contributed by atoms with Crippen molar-refractivity contribution in [1.29, 1.82) is 0 Å². The van der Waals surface area contributed by atoms with Crippen LogP contribution >= 0.6 is 0 Å². The first-order valence-corrected chi connectivity index (χ1v) is 11.3. The van der Waals surface area contributed by atoms with Crippen molar-refractivity contribution < 1.29 is 22.7 Å². The molecule has 0 bridgehead atoms. The largest absolute Gasteiger partial charge is 0.493 e. The van der Waals surface area contributed by atoms with Crippen LogP contribution in [0.3, 0.4) is 0 Å². The van der Waals surface area contributed by atoms with E-state index >= 15 is 0 Å². The molecule has 1 aliphatic rings. The first-order chi connectivity index (χ1) is 13.8. The van der Waals surface area contributed by atoms with Gasteiger partial charge in [-0.25, -0.2) is 8.42 Å². The highest BCUT2D eigenvalue weighted by Gasteiger charge is 2.21. The van der Waals surface area contributed by atoms with Gasteiger partial charge in [-0.15, -0.1) is 0 Å². The lowest BCUT2D eigenvalue weighted by Gasteiger charge is -2.10. The second-order valence-corrected chi connectivity index (χ2v) is 8.85. The number of rotatable bonds is 8. The lowest BCUT2D eigenvalue weighted by Crippen LogP contribution is -2.14. The Hall–Kier alpha value is -2.80. The van der Waals surface area contributed by atoms with Gasteiger partial charge in [-0.3, -0.25) is 9.52 Å². The first kappa shape index (κ1) is 20.9. The van der Waals surface area contributed by atoms with Crippen LogP contribution in [0.4, 0.5) is 5.69 Å². The summed E-state index contributed by atoms with van der Waals surface area (Å²) >= 11 is 0. The normalized spacial score (nSPS) is 15.8. The van der Waals surface area contributed by atoms with Crippen molar-refractivity contribution in [3.63, 3.8) is 0 Å². The highest BCUT2D eigenvalue weighted by molar-refractivity contribution is 7.92. The molecule has 1 unspecified atom stereocenters. The van der Waals surface area contributed by atoms with Crippen molar-refractivity contribution in [1.82, 2.24) is 0 Å². The van der Waals surface area contributed by atoms with Gasteiger partial charge in [0.05, 0.1) is 12.4 Å². The maximum absolute atomic E-state index is 12.5. The number of sulfonamides is 1. The average molecular weight is 416 g/mol. The highest BCUT2D eigenvalue weighted by Crippen LogP contribution is 2.35. The molecule has 1 heterocycles. The molecule has 7 heteroatoms. The van der Waals surface area contributed by atoms with Crippen LogP contribution in [0.1, 0.15) is 42.3 Å². The summed E-state index contributed by atoms with van der Waals surface area (Å²) in [6.07, 6.45) is 4.16. The molecule has 29 heavy (non-hydrogen) atoms. The van der Waals surface area contributed by atoms with E-state index in [1.165, 1.54) is 6.08 Å². The van der Waals surface area contributed by atoms with Gasteiger partial charge in [0.25, 0.3) is 0 Å². The smallest absolute Gasteiger partial charge is 0.232 e. The van der Waals surface area contributed by atoms with Gasteiger partial charge in [-0.05, 0) is 69.3 Å². The van der Waals surface area contributed by atoms with Gasteiger partial charge in [-0.2, -0.15) is 0 Å². The molecule has 0 aliphatic carbocycles.